The van der Waals surface area contributed by atoms with E-state index in [1.807, 2.05) is 6.92 Å². The van der Waals surface area contributed by atoms with Crippen LogP contribution in [0.2, 0.25) is 0 Å². The van der Waals surface area contributed by atoms with E-state index >= 15 is 0 Å². The highest BCUT2D eigenvalue weighted by molar-refractivity contribution is 7.92. The number of sulfone groups is 1. The molecule has 7 nitrogen and oxygen atoms in total. The van der Waals surface area contributed by atoms with E-state index in [-0.39, 0.29) is 6.54 Å². The monoisotopic (exact) mass is 363 g/mol. The Hall–Kier alpha value is -0.860. The van der Waals surface area contributed by atoms with E-state index in [2.05, 4.69) is 15.6 Å². The molecule has 24 heavy (non-hydrogen) atoms. The van der Waals surface area contributed by atoms with Gasteiger partial charge in [-0.05, 0) is 33.6 Å². The van der Waals surface area contributed by atoms with Gasteiger partial charge in [-0.3, -0.25) is 4.99 Å². The summed E-state index contributed by atoms with van der Waals surface area (Å²) in [7, 11) is -3.15. The maximum absolute atomic E-state index is 11.7. The van der Waals surface area contributed by atoms with Crippen LogP contribution in [0.3, 0.4) is 0 Å². The van der Waals surface area contributed by atoms with Crippen LogP contribution in [0.15, 0.2) is 4.99 Å². The Morgan fingerprint density at radius 3 is 2.71 bits per heavy atom. The molecule has 1 unspecified atom stereocenters. The minimum Gasteiger partial charge on any atom is -0.381 e. The van der Waals surface area contributed by atoms with Gasteiger partial charge in [0.25, 0.3) is 0 Å². The second-order valence-electron chi connectivity index (χ2n) is 6.81. The minimum atomic E-state index is -3.15. The van der Waals surface area contributed by atoms with Crippen molar-refractivity contribution in [2.45, 2.75) is 38.4 Å². The van der Waals surface area contributed by atoms with Crippen molar-refractivity contribution in [3.63, 3.8) is 0 Å². The molecule has 0 bridgehead atoms. The lowest BCUT2D eigenvalue weighted by Crippen LogP contribution is -2.41. The van der Waals surface area contributed by atoms with E-state index in [9.17, 15) is 8.42 Å². The Balaban J connectivity index is 2.28. The van der Waals surface area contributed by atoms with Gasteiger partial charge in [0.15, 0.2) is 15.8 Å². The molecule has 0 aromatic carbocycles. The Kier molecular flexibility index (Phi) is 9.01. The number of aliphatic imine (C=N–C) groups is 1. The Labute approximate surface area is 146 Å². The van der Waals surface area contributed by atoms with E-state index in [1.54, 1.807) is 13.8 Å². The SMILES string of the molecule is CCNC(=NCC(C)(C)S(C)(=O)=O)NCCCOCC1CCOC1. The van der Waals surface area contributed by atoms with E-state index in [1.165, 1.54) is 6.26 Å². The average molecular weight is 364 g/mol. The highest BCUT2D eigenvalue weighted by atomic mass is 32.2. The van der Waals surface area contributed by atoms with Crippen molar-refractivity contribution >= 4 is 15.8 Å². The quantitative estimate of drug-likeness (QED) is 0.339. The molecule has 0 spiro atoms. The first kappa shape index (κ1) is 21.2. The molecule has 1 saturated heterocycles. The maximum atomic E-state index is 11.7. The molecule has 0 aromatic rings. The summed E-state index contributed by atoms with van der Waals surface area (Å²) in [6.45, 7) is 10.1. The lowest BCUT2D eigenvalue weighted by atomic mass is 10.1. The van der Waals surface area contributed by atoms with Crippen molar-refractivity contribution in [2.75, 3.05) is 52.3 Å². The van der Waals surface area contributed by atoms with Crippen LogP contribution >= 0.6 is 0 Å². The number of nitrogens with one attached hydrogen (secondary N) is 2. The number of hydrogen-bond donors (Lipinski definition) is 2. The Morgan fingerprint density at radius 2 is 2.12 bits per heavy atom. The fourth-order valence-electron chi connectivity index (χ4n) is 2.07. The third-order valence-corrected chi connectivity index (χ3v) is 6.24. The Morgan fingerprint density at radius 1 is 1.38 bits per heavy atom. The summed E-state index contributed by atoms with van der Waals surface area (Å²) < 4.78 is 33.6. The molecule has 1 fully saturated rings. The third-order valence-electron chi connectivity index (χ3n) is 4.10. The van der Waals surface area contributed by atoms with Gasteiger partial charge in [0.1, 0.15) is 0 Å². The molecule has 1 aliphatic heterocycles. The van der Waals surface area contributed by atoms with Crippen molar-refractivity contribution in [1.82, 2.24) is 10.6 Å². The summed E-state index contributed by atoms with van der Waals surface area (Å²) in [5.74, 6) is 1.17. The Bertz CT molecular complexity index is 486. The van der Waals surface area contributed by atoms with Gasteiger partial charge in [-0.15, -0.1) is 0 Å². The summed E-state index contributed by atoms with van der Waals surface area (Å²) in [6.07, 6.45) is 3.20. The van der Waals surface area contributed by atoms with Crippen LogP contribution in [0.1, 0.15) is 33.6 Å². The number of ether oxygens (including phenoxy) is 2. The van der Waals surface area contributed by atoms with Crippen LogP contribution in [0.5, 0.6) is 0 Å². The van der Waals surface area contributed by atoms with E-state index in [0.29, 0.717) is 18.5 Å². The zero-order chi connectivity index (χ0) is 18.1. The molecule has 2 N–H and O–H groups in total. The van der Waals surface area contributed by atoms with Crippen LogP contribution in [-0.2, 0) is 19.3 Å². The van der Waals surface area contributed by atoms with Crippen LogP contribution in [0.25, 0.3) is 0 Å². The van der Waals surface area contributed by atoms with Crippen molar-refractivity contribution in [3.8, 4) is 0 Å². The van der Waals surface area contributed by atoms with Gasteiger partial charge in [0.2, 0.25) is 0 Å². The average Bonchev–Trinajstić information content (AvgIpc) is 3.00. The van der Waals surface area contributed by atoms with Gasteiger partial charge in [-0.25, -0.2) is 8.42 Å². The standard InChI is InChI=1S/C16H33N3O4S/c1-5-17-15(19-13-16(2,3)24(4,20)21)18-8-6-9-22-11-14-7-10-23-12-14/h14H,5-13H2,1-4H3,(H2,17,18,19). The minimum absolute atomic E-state index is 0.222. The number of nitrogens with zero attached hydrogens (tertiary/aromatic N) is 1. The predicted molar refractivity (Wildman–Crippen MR) is 97.3 cm³/mol. The van der Waals surface area contributed by atoms with Crippen molar-refractivity contribution in [1.29, 1.82) is 0 Å². The van der Waals surface area contributed by atoms with Crippen molar-refractivity contribution in [3.05, 3.63) is 0 Å². The first-order valence-corrected chi connectivity index (χ1v) is 10.5. The second kappa shape index (κ2) is 10.2. The second-order valence-corrected chi connectivity index (χ2v) is 9.46. The van der Waals surface area contributed by atoms with Gasteiger partial charge < -0.3 is 20.1 Å². The molecule has 0 aliphatic carbocycles. The molecule has 0 aromatic heterocycles. The van der Waals surface area contributed by atoms with Gasteiger partial charge in [-0.2, -0.15) is 0 Å². The molecule has 1 aliphatic rings. The largest absolute Gasteiger partial charge is 0.381 e. The zero-order valence-electron chi connectivity index (χ0n) is 15.4. The number of guanidine groups is 1. The summed E-state index contributed by atoms with van der Waals surface area (Å²) in [5.41, 5.74) is 0. The summed E-state index contributed by atoms with van der Waals surface area (Å²) >= 11 is 0. The topological polar surface area (TPSA) is 89.0 Å². The highest BCUT2D eigenvalue weighted by Crippen LogP contribution is 2.15. The van der Waals surface area contributed by atoms with Gasteiger partial charge in [0.05, 0.1) is 24.5 Å². The summed E-state index contributed by atoms with van der Waals surface area (Å²) in [6, 6.07) is 0. The third kappa shape index (κ3) is 7.81. The van der Waals surface area contributed by atoms with E-state index in [0.717, 1.165) is 45.8 Å². The van der Waals surface area contributed by atoms with Crippen LogP contribution < -0.4 is 10.6 Å². The van der Waals surface area contributed by atoms with Crippen molar-refractivity contribution in [2.24, 2.45) is 10.9 Å². The van der Waals surface area contributed by atoms with Gasteiger partial charge >= 0.3 is 0 Å². The molecule has 0 saturated carbocycles. The maximum Gasteiger partial charge on any atom is 0.191 e. The molecule has 1 atom stereocenters. The van der Waals surface area contributed by atoms with Gasteiger partial charge in [0, 0.05) is 38.5 Å². The van der Waals surface area contributed by atoms with E-state index < -0.39 is 14.6 Å². The summed E-state index contributed by atoms with van der Waals surface area (Å²) in [4.78, 5) is 4.39. The molecule has 0 amide bonds. The first-order chi connectivity index (χ1) is 11.3. The fourth-order valence-corrected chi connectivity index (χ4v) is 2.37. The normalized spacial score (nSPS) is 19.5. The molecular formula is C16H33N3O4S. The molecule has 1 rings (SSSR count). The molecule has 142 valence electrons. The molecule has 0 radical (unpaired) electrons. The number of rotatable bonds is 10. The lowest BCUT2D eigenvalue weighted by Gasteiger charge is -2.21. The smallest absolute Gasteiger partial charge is 0.191 e. The molecule has 1 heterocycles. The lowest BCUT2D eigenvalue weighted by molar-refractivity contribution is 0.0888. The van der Waals surface area contributed by atoms with E-state index in [4.69, 9.17) is 9.47 Å². The van der Waals surface area contributed by atoms with Crippen LogP contribution in [0.4, 0.5) is 0 Å². The molecular weight excluding hydrogens is 330 g/mol. The van der Waals surface area contributed by atoms with Gasteiger partial charge in [-0.1, -0.05) is 0 Å². The molecule has 8 heteroatoms. The predicted octanol–water partition coefficient (Wildman–Crippen LogP) is 0.808. The number of hydrogen-bond acceptors (Lipinski definition) is 5. The summed E-state index contributed by atoms with van der Waals surface area (Å²) in [5, 5.41) is 6.34. The van der Waals surface area contributed by atoms with Crippen molar-refractivity contribution < 1.29 is 17.9 Å². The fraction of sp³-hybridized carbons (Fsp3) is 0.938. The van der Waals surface area contributed by atoms with Crippen LogP contribution in [-0.4, -0.2) is 71.4 Å². The zero-order valence-corrected chi connectivity index (χ0v) is 16.2. The first-order valence-electron chi connectivity index (χ1n) is 8.63. The van der Waals surface area contributed by atoms with Crippen LogP contribution in [0, 0.1) is 5.92 Å². The highest BCUT2D eigenvalue weighted by Gasteiger charge is 2.29.